The van der Waals surface area contributed by atoms with Crippen molar-refractivity contribution in [3.05, 3.63) is 77.4 Å². The van der Waals surface area contributed by atoms with E-state index in [4.69, 9.17) is 4.74 Å². The lowest BCUT2D eigenvalue weighted by Gasteiger charge is -2.09. The minimum absolute atomic E-state index is 0.0127. The molecular weight excluding hydrogens is 260 g/mol. The number of methoxy groups -OCH3 is 1. The van der Waals surface area contributed by atoms with Gasteiger partial charge in [-0.15, -0.1) is 0 Å². The molecule has 0 aliphatic heterocycles. The van der Waals surface area contributed by atoms with Gasteiger partial charge in [-0.25, -0.2) is 0 Å². The second kappa shape index (κ2) is 5.41. The maximum absolute atomic E-state index is 12.7. The van der Waals surface area contributed by atoms with Gasteiger partial charge in [0, 0.05) is 5.56 Å². The molecule has 3 aromatic carbocycles. The number of rotatable bonds is 3. The molecule has 0 aliphatic rings. The number of carbonyl (C=O) groups excluding carboxylic acids is 1. The fourth-order valence-electron chi connectivity index (χ4n) is 2.49. The average Bonchev–Trinajstić information content (AvgIpc) is 2.53. The normalized spacial score (nSPS) is 10.6. The van der Waals surface area contributed by atoms with Crippen molar-refractivity contribution < 1.29 is 9.53 Å². The summed E-state index contributed by atoms with van der Waals surface area (Å²) in [6.45, 7) is 1.97. The Labute approximate surface area is 124 Å². The van der Waals surface area contributed by atoms with Crippen molar-refractivity contribution in [2.75, 3.05) is 7.11 Å². The van der Waals surface area contributed by atoms with Crippen LogP contribution in [0.15, 0.2) is 60.7 Å². The van der Waals surface area contributed by atoms with E-state index >= 15 is 0 Å². The Hall–Kier alpha value is -2.61. The Bertz CT molecular complexity index is 819. The van der Waals surface area contributed by atoms with Crippen molar-refractivity contribution in [1.82, 2.24) is 0 Å². The highest BCUT2D eigenvalue weighted by Gasteiger charge is 2.15. The summed E-state index contributed by atoms with van der Waals surface area (Å²) < 4.78 is 5.31. The molecule has 0 N–H and O–H groups in total. The number of ketones is 1. The zero-order valence-corrected chi connectivity index (χ0v) is 12.1. The maximum Gasteiger partial charge on any atom is 0.196 e. The molecule has 3 rings (SSSR count). The molecule has 104 valence electrons. The second-order valence-electron chi connectivity index (χ2n) is 5.09. The first-order chi connectivity index (χ1) is 10.2. The van der Waals surface area contributed by atoms with Crippen LogP contribution in [0.3, 0.4) is 0 Å². The van der Waals surface area contributed by atoms with Crippen molar-refractivity contribution >= 4 is 16.6 Å². The third-order valence-electron chi connectivity index (χ3n) is 3.61. The van der Waals surface area contributed by atoms with Crippen molar-refractivity contribution in [2.45, 2.75) is 6.92 Å². The molecule has 0 radical (unpaired) electrons. The minimum atomic E-state index is -0.0127. The van der Waals surface area contributed by atoms with Gasteiger partial charge in [-0.05, 0) is 35.9 Å². The van der Waals surface area contributed by atoms with E-state index in [-0.39, 0.29) is 5.78 Å². The number of fused-ring (bicyclic) bond motifs is 1. The Morgan fingerprint density at radius 1 is 0.905 bits per heavy atom. The highest BCUT2D eigenvalue weighted by Crippen LogP contribution is 2.24. The molecule has 0 saturated carbocycles. The van der Waals surface area contributed by atoms with Gasteiger partial charge in [0.15, 0.2) is 5.78 Å². The predicted octanol–water partition coefficient (Wildman–Crippen LogP) is 4.39. The summed E-state index contributed by atoms with van der Waals surface area (Å²) in [6.07, 6.45) is 0. The van der Waals surface area contributed by atoms with Crippen molar-refractivity contribution in [2.24, 2.45) is 0 Å². The van der Waals surface area contributed by atoms with Crippen LogP contribution < -0.4 is 4.74 Å². The van der Waals surface area contributed by atoms with Gasteiger partial charge in [0.25, 0.3) is 0 Å². The highest BCUT2D eigenvalue weighted by molar-refractivity contribution is 6.12. The Kier molecular flexibility index (Phi) is 3.44. The van der Waals surface area contributed by atoms with Crippen LogP contribution in [0.1, 0.15) is 21.5 Å². The summed E-state index contributed by atoms with van der Waals surface area (Å²) in [5, 5.41) is 2.19. The topological polar surface area (TPSA) is 26.3 Å². The van der Waals surface area contributed by atoms with Gasteiger partial charge in [0.05, 0.1) is 12.7 Å². The van der Waals surface area contributed by atoms with Gasteiger partial charge >= 0.3 is 0 Å². The van der Waals surface area contributed by atoms with Gasteiger partial charge in [0.1, 0.15) is 5.75 Å². The zero-order chi connectivity index (χ0) is 14.8. The van der Waals surface area contributed by atoms with E-state index in [1.54, 1.807) is 7.11 Å². The van der Waals surface area contributed by atoms with E-state index in [1.165, 1.54) is 0 Å². The lowest BCUT2D eigenvalue weighted by atomic mass is 9.98. The third-order valence-corrected chi connectivity index (χ3v) is 3.61. The smallest absolute Gasteiger partial charge is 0.196 e. The molecule has 0 amide bonds. The van der Waals surface area contributed by atoms with E-state index in [0.29, 0.717) is 16.9 Å². The van der Waals surface area contributed by atoms with Gasteiger partial charge in [-0.3, -0.25) is 4.79 Å². The molecule has 2 nitrogen and oxygen atoms in total. The standard InChI is InChI=1S/C19H16O2/c1-13-7-10-18(21-2)17(11-13)19(20)16-9-8-14-5-3-4-6-15(14)12-16/h3-12H,1-2H3. The summed E-state index contributed by atoms with van der Waals surface area (Å²) in [5.41, 5.74) is 2.32. The molecule has 2 heteroatoms. The molecule has 0 aliphatic carbocycles. The Morgan fingerprint density at radius 3 is 2.43 bits per heavy atom. The third kappa shape index (κ3) is 2.52. The van der Waals surface area contributed by atoms with Crippen molar-refractivity contribution in [3.63, 3.8) is 0 Å². The molecule has 3 aromatic rings. The van der Waals surface area contributed by atoms with E-state index < -0.39 is 0 Å². The van der Waals surface area contributed by atoms with Gasteiger partial charge < -0.3 is 4.74 Å². The first-order valence-electron chi connectivity index (χ1n) is 6.87. The molecule has 0 bridgehead atoms. The average molecular weight is 276 g/mol. The van der Waals surface area contributed by atoms with E-state index in [1.807, 2.05) is 67.6 Å². The van der Waals surface area contributed by atoms with Crippen LogP contribution in [0, 0.1) is 6.92 Å². The molecule has 0 unspecified atom stereocenters. The number of aryl methyl sites for hydroxylation is 1. The zero-order valence-electron chi connectivity index (χ0n) is 12.1. The Morgan fingerprint density at radius 2 is 1.67 bits per heavy atom. The minimum Gasteiger partial charge on any atom is -0.496 e. The molecule has 0 atom stereocenters. The van der Waals surface area contributed by atoms with Crippen LogP contribution in [0.4, 0.5) is 0 Å². The van der Waals surface area contributed by atoms with Gasteiger partial charge in [0.2, 0.25) is 0 Å². The summed E-state index contributed by atoms with van der Waals surface area (Å²) in [7, 11) is 1.59. The van der Waals surface area contributed by atoms with E-state index in [2.05, 4.69) is 0 Å². The molecule has 21 heavy (non-hydrogen) atoms. The first kappa shape index (κ1) is 13.4. The van der Waals surface area contributed by atoms with Gasteiger partial charge in [-0.2, -0.15) is 0 Å². The lowest BCUT2D eigenvalue weighted by Crippen LogP contribution is -2.04. The van der Waals surface area contributed by atoms with Crippen LogP contribution in [0.5, 0.6) is 5.75 Å². The number of carbonyl (C=O) groups is 1. The molecule has 0 aromatic heterocycles. The maximum atomic E-state index is 12.7. The second-order valence-corrected chi connectivity index (χ2v) is 5.09. The van der Waals surface area contributed by atoms with Crippen molar-refractivity contribution in [1.29, 1.82) is 0 Å². The number of hydrogen-bond donors (Lipinski definition) is 0. The number of benzene rings is 3. The molecule has 0 heterocycles. The monoisotopic (exact) mass is 276 g/mol. The quantitative estimate of drug-likeness (QED) is 0.663. The Balaban J connectivity index is 2.10. The summed E-state index contributed by atoms with van der Waals surface area (Å²) in [4.78, 5) is 12.7. The molecule has 0 spiro atoms. The van der Waals surface area contributed by atoms with Crippen LogP contribution in [-0.2, 0) is 0 Å². The first-order valence-corrected chi connectivity index (χ1v) is 6.87. The number of hydrogen-bond acceptors (Lipinski definition) is 2. The van der Waals surface area contributed by atoms with Crippen LogP contribution >= 0.6 is 0 Å². The molecular formula is C19H16O2. The predicted molar refractivity (Wildman–Crippen MR) is 85.1 cm³/mol. The van der Waals surface area contributed by atoms with Crippen LogP contribution in [0.2, 0.25) is 0 Å². The van der Waals surface area contributed by atoms with Crippen molar-refractivity contribution in [3.8, 4) is 5.75 Å². The van der Waals surface area contributed by atoms with E-state index in [0.717, 1.165) is 16.3 Å². The summed E-state index contributed by atoms with van der Waals surface area (Å²) >= 11 is 0. The molecule has 0 saturated heterocycles. The summed E-state index contributed by atoms with van der Waals surface area (Å²) in [6, 6.07) is 19.4. The van der Waals surface area contributed by atoms with E-state index in [9.17, 15) is 4.79 Å². The highest BCUT2D eigenvalue weighted by atomic mass is 16.5. The summed E-state index contributed by atoms with van der Waals surface area (Å²) in [5.74, 6) is 0.597. The van der Waals surface area contributed by atoms with Crippen LogP contribution in [0.25, 0.3) is 10.8 Å². The van der Waals surface area contributed by atoms with Crippen LogP contribution in [-0.4, -0.2) is 12.9 Å². The fraction of sp³-hybridized carbons (Fsp3) is 0.105. The molecule has 0 fully saturated rings. The largest absolute Gasteiger partial charge is 0.496 e. The SMILES string of the molecule is COc1ccc(C)cc1C(=O)c1ccc2ccccc2c1. The lowest BCUT2D eigenvalue weighted by molar-refractivity contribution is 0.103. The van der Waals surface area contributed by atoms with Gasteiger partial charge in [-0.1, -0.05) is 48.0 Å². The fourth-order valence-corrected chi connectivity index (χ4v) is 2.49. The number of ether oxygens (including phenoxy) is 1.